The third kappa shape index (κ3) is 7.44. The van der Waals surface area contributed by atoms with Crippen LogP contribution in [-0.2, 0) is 38.4 Å². The average molecular weight is 607 g/mol. The summed E-state index contributed by atoms with van der Waals surface area (Å²) in [4.78, 5) is 0. The molecule has 2 N–H and O–H groups in total. The maximum absolute atomic E-state index is 9.14. The topological polar surface area (TPSA) is 77.7 Å². The Bertz CT molecular complexity index is 1740. The number of rotatable bonds is 13. The van der Waals surface area contributed by atoms with Crippen molar-refractivity contribution in [2.45, 2.75) is 32.5 Å². The SMILES string of the molecule is COB(OC)c1cccc(C[n+]2cccc3c4ccc[n+](Cc5cc(COCCCO)cc(B6OCCC[OH+]6)c5)c4ccc32)c1. The number of ether oxygens (including phenoxy) is 1. The average Bonchev–Trinajstić information content (AvgIpc) is 3.08. The van der Waals surface area contributed by atoms with Gasteiger partial charge in [-0.25, -0.2) is 0 Å². The zero-order chi connectivity index (χ0) is 31.0. The van der Waals surface area contributed by atoms with E-state index in [0.717, 1.165) is 48.2 Å². The van der Waals surface area contributed by atoms with Gasteiger partial charge < -0.3 is 28.5 Å². The van der Waals surface area contributed by atoms with Crippen molar-refractivity contribution < 1.29 is 37.6 Å². The Labute approximate surface area is 265 Å². The van der Waals surface area contributed by atoms with Crippen LogP contribution in [0.5, 0.6) is 0 Å². The van der Waals surface area contributed by atoms with Gasteiger partial charge in [0.05, 0.1) is 22.8 Å². The molecule has 0 amide bonds. The fourth-order valence-corrected chi connectivity index (χ4v) is 6.17. The van der Waals surface area contributed by atoms with E-state index < -0.39 is 0 Å². The molecule has 0 radical (unpaired) electrons. The quantitative estimate of drug-likeness (QED) is 0.0731. The Kier molecular flexibility index (Phi) is 10.5. The Morgan fingerprint density at radius 3 is 2.22 bits per heavy atom. The van der Waals surface area contributed by atoms with Crippen molar-refractivity contribution in [3.63, 3.8) is 0 Å². The molecular formula is C35H41B2N2O6+3. The van der Waals surface area contributed by atoms with E-state index in [9.17, 15) is 0 Å². The highest BCUT2D eigenvalue weighted by molar-refractivity contribution is 6.61. The molecule has 0 bridgehead atoms. The van der Waals surface area contributed by atoms with E-state index in [4.69, 9.17) is 28.5 Å². The molecule has 230 valence electrons. The van der Waals surface area contributed by atoms with Gasteiger partial charge >= 0.3 is 14.2 Å². The van der Waals surface area contributed by atoms with Gasteiger partial charge in [0.1, 0.15) is 6.61 Å². The highest BCUT2D eigenvalue weighted by atomic mass is 16.6. The highest BCUT2D eigenvalue weighted by Gasteiger charge is 2.35. The first kappa shape index (κ1) is 31.4. The molecule has 1 aliphatic heterocycles. The zero-order valence-electron chi connectivity index (χ0n) is 26.1. The number of benzene rings is 3. The molecule has 2 aromatic heterocycles. The molecule has 45 heavy (non-hydrogen) atoms. The van der Waals surface area contributed by atoms with Crippen molar-refractivity contribution >= 4 is 47.0 Å². The molecule has 0 aliphatic carbocycles. The summed E-state index contributed by atoms with van der Waals surface area (Å²) in [5.74, 6) is 0. The second kappa shape index (κ2) is 15.1. The summed E-state index contributed by atoms with van der Waals surface area (Å²) in [6, 6.07) is 28.0. The molecule has 0 unspecified atom stereocenters. The Morgan fingerprint density at radius 2 is 1.56 bits per heavy atom. The summed E-state index contributed by atoms with van der Waals surface area (Å²) in [6.45, 7) is 4.10. The van der Waals surface area contributed by atoms with Crippen molar-refractivity contribution in [2.24, 2.45) is 0 Å². The van der Waals surface area contributed by atoms with Crippen molar-refractivity contribution in [3.05, 3.63) is 108 Å². The van der Waals surface area contributed by atoms with E-state index in [1.54, 1.807) is 14.2 Å². The zero-order valence-corrected chi connectivity index (χ0v) is 26.1. The Morgan fingerprint density at radius 1 is 0.844 bits per heavy atom. The van der Waals surface area contributed by atoms with Gasteiger partial charge in [0.25, 0.3) is 0 Å². The molecule has 3 aromatic carbocycles. The van der Waals surface area contributed by atoms with Crippen molar-refractivity contribution in [1.29, 1.82) is 0 Å². The standard InChI is InChI=1S/C35H40B2N2O6/c1-41-36(42-2)30-9-3-8-27(21-30)24-38-14-4-10-32-33-11-5-15-39(35(33)13-12-34(32)38)25-28-20-29(26-43-17-6-16-40)23-31(22-28)37-44-18-7-19-45-37/h3-5,8-15,20-23,40H,6-7,16-19,24-26H2,1-2H3/q+2/p+1. The summed E-state index contributed by atoms with van der Waals surface area (Å²) < 4.78 is 32.1. The number of aliphatic hydroxyl groups is 2. The van der Waals surface area contributed by atoms with Crippen LogP contribution < -0.4 is 20.1 Å². The van der Waals surface area contributed by atoms with Gasteiger partial charge in [-0.15, -0.1) is 0 Å². The minimum atomic E-state index is -0.387. The lowest BCUT2D eigenvalue weighted by molar-refractivity contribution is -0.664. The number of fused-ring (bicyclic) bond motifs is 3. The van der Waals surface area contributed by atoms with Crippen LogP contribution in [0.1, 0.15) is 29.5 Å². The molecule has 0 atom stereocenters. The lowest BCUT2D eigenvalue weighted by Crippen LogP contribution is -2.44. The highest BCUT2D eigenvalue weighted by Crippen LogP contribution is 2.21. The van der Waals surface area contributed by atoms with Gasteiger partial charge in [0.2, 0.25) is 11.0 Å². The number of pyridine rings is 2. The second-order valence-electron chi connectivity index (χ2n) is 11.4. The molecule has 10 heteroatoms. The predicted octanol–water partition coefficient (Wildman–Crippen LogP) is 2.20. The van der Waals surface area contributed by atoms with E-state index in [0.29, 0.717) is 26.2 Å². The molecule has 1 aliphatic rings. The van der Waals surface area contributed by atoms with Crippen LogP contribution in [0.15, 0.2) is 91.3 Å². The fraction of sp³-hybridized carbons (Fsp3) is 0.314. The minimum Gasteiger partial charge on any atom is -0.511 e. The Hall–Kier alpha value is -3.63. The fourth-order valence-electron chi connectivity index (χ4n) is 6.17. The first-order chi connectivity index (χ1) is 22.2. The van der Waals surface area contributed by atoms with Gasteiger partial charge in [-0.05, 0) is 41.7 Å². The Balaban J connectivity index is 1.31. The summed E-state index contributed by atoms with van der Waals surface area (Å²) in [5.41, 5.74) is 7.83. The third-order valence-corrected chi connectivity index (χ3v) is 8.22. The first-order valence-corrected chi connectivity index (χ1v) is 15.6. The summed E-state index contributed by atoms with van der Waals surface area (Å²) in [7, 11) is 2.68. The molecule has 1 saturated heterocycles. The normalized spacial score (nSPS) is 13.5. The lowest BCUT2D eigenvalue weighted by Gasteiger charge is -2.16. The van der Waals surface area contributed by atoms with Crippen LogP contribution >= 0.6 is 0 Å². The molecule has 0 spiro atoms. The first-order valence-electron chi connectivity index (χ1n) is 15.6. The summed E-state index contributed by atoms with van der Waals surface area (Å²) in [5, 5.41) is 11.5. The maximum atomic E-state index is 9.14. The van der Waals surface area contributed by atoms with Crippen LogP contribution in [0.3, 0.4) is 0 Å². The van der Waals surface area contributed by atoms with Crippen LogP contribution in [0.4, 0.5) is 0 Å². The smallest absolute Gasteiger partial charge is 0.511 e. The van der Waals surface area contributed by atoms with Gasteiger partial charge in [0, 0.05) is 75.9 Å². The monoisotopic (exact) mass is 607 g/mol. The number of nitrogens with zero attached hydrogens (tertiary/aromatic N) is 2. The van der Waals surface area contributed by atoms with Gasteiger partial charge in [-0.3, -0.25) is 0 Å². The van der Waals surface area contributed by atoms with Crippen LogP contribution in [-0.4, -0.2) is 64.6 Å². The molecule has 0 saturated carbocycles. The molecule has 3 heterocycles. The van der Waals surface area contributed by atoms with Crippen LogP contribution in [0.2, 0.25) is 0 Å². The third-order valence-electron chi connectivity index (χ3n) is 8.22. The molecule has 8 nitrogen and oxygen atoms in total. The maximum Gasteiger partial charge on any atom is 0.731 e. The minimum absolute atomic E-state index is 0.128. The number of aromatic nitrogens is 2. The van der Waals surface area contributed by atoms with E-state index in [1.165, 1.54) is 27.4 Å². The number of hydrogen-bond donors (Lipinski definition) is 1. The summed E-state index contributed by atoms with van der Waals surface area (Å²) in [6.07, 6.45) is 5.86. The van der Waals surface area contributed by atoms with Crippen molar-refractivity contribution in [3.8, 4) is 0 Å². The second-order valence-corrected chi connectivity index (χ2v) is 11.4. The molecule has 6 rings (SSSR count). The van der Waals surface area contributed by atoms with Crippen molar-refractivity contribution in [1.82, 2.24) is 0 Å². The predicted molar refractivity (Wildman–Crippen MR) is 177 cm³/mol. The van der Waals surface area contributed by atoms with Crippen LogP contribution in [0.25, 0.3) is 21.8 Å². The van der Waals surface area contributed by atoms with E-state index in [1.807, 2.05) is 6.07 Å². The van der Waals surface area contributed by atoms with Gasteiger partial charge in [0.15, 0.2) is 25.5 Å². The largest absolute Gasteiger partial charge is 0.731 e. The molecule has 5 aromatic rings. The molecular weight excluding hydrogens is 566 g/mol. The summed E-state index contributed by atoms with van der Waals surface area (Å²) >= 11 is 0. The van der Waals surface area contributed by atoms with E-state index >= 15 is 0 Å². The van der Waals surface area contributed by atoms with Crippen LogP contribution in [0, 0.1) is 0 Å². The van der Waals surface area contributed by atoms with Gasteiger partial charge in [-0.2, -0.15) is 9.13 Å². The number of aliphatic hydroxyl groups excluding tert-OH is 1. The van der Waals surface area contributed by atoms with E-state index in [-0.39, 0.29) is 20.8 Å². The lowest BCUT2D eigenvalue weighted by atomic mass is 9.76. The van der Waals surface area contributed by atoms with Gasteiger partial charge in [-0.1, -0.05) is 30.3 Å². The van der Waals surface area contributed by atoms with E-state index in [2.05, 4.69) is 94.3 Å². The number of hydrogen-bond acceptors (Lipinski definition) is 5. The van der Waals surface area contributed by atoms with Crippen molar-refractivity contribution in [2.75, 3.05) is 40.6 Å². The molecule has 1 fully saturated rings.